The number of rotatable bonds is 8. The minimum absolute atomic E-state index is 0.00809. The lowest BCUT2D eigenvalue weighted by Crippen LogP contribution is -2.48. The average molecular weight is 564 g/mol. The second kappa shape index (κ2) is 10.7. The third-order valence-corrected chi connectivity index (χ3v) is 7.57. The molecule has 38 heavy (non-hydrogen) atoms. The topological polar surface area (TPSA) is 152 Å². The van der Waals surface area contributed by atoms with Crippen LogP contribution in [0.3, 0.4) is 0 Å². The summed E-state index contributed by atoms with van der Waals surface area (Å²) in [7, 11) is -4.29. The Morgan fingerprint density at radius 2 is 1.97 bits per heavy atom. The number of aliphatic hydroxyl groups excluding tert-OH is 1. The fourth-order valence-electron chi connectivity index (χ4n) is 3.54. The van der Waals surface area contributed by atoms with E-state index in [-0.39, 0.29) is 59.9 Å². The van der Waals surface area contributed by atoms with E-state index in [1.165, 1.54) is 36.7 Å². The molecule has 0 saturated carbocycles. The van der Waals surface area contributed by atoms with Crippen LogP contribution in [0.1, 0.15) is 26.5 Å². The highest BCUT2D eigenvalue weighted by Gasteiger charge is 2.51. The van der Waals surface area contributed by atoms with Crippen LogP contribution in [0.2, 0.25) is 0 Å². The van der Waals surface area contributed by atoms with Crippen LogP contribution >= 0.6 is 0 Å². The Bertz CT molecular complexity index is 1310. The van der Waals surface area contributed by atoms with Crippen molar-refractivity contribution in [3.63, 3.8) is 0 Å². The van der Waals surface area contributed by atoms with E-state index in [4.69, 9.17) is 4.74 Å². The standard InChI is InChI=1S/C22H28F3N5O7S/c1-13-19(11-27-29(13)7-8-31)38(34,35)30-12-16(10-26-14(2)32)36-18-6-5-15(9-17(18)30)28-20(33)37-21(3,4)22(23,24)25/h5-6,9,11,16,31H,7-8,10,12H2,1-4H3,(H,26,32)(H,28,33). The van der Waals surface area contributed by atoms with Crippen LogP contribution < -0.4 is 19.7 Å². The molecule has 3 N–H and O–H groups in total. The number of nitrogens with one attached hydrogen (secondary N) is 2. The van der Waals surface area contributed by atoms with Crippen LogP contribution in [0.25, 0.3) is 0 Å². The van der Waals surface area contributed by atoms with Gasteiger partial charge in [0.2, 0.25) is 11.5 Å². The molecule has 1 atom stereocenters. The summed E-state index contributed by atoms with van der Waals surface area (Å²) in [5.41, 5.74) is -2.57. The van der Waals surface area contributed by atoms with Gasteiger partial charge in [-0.05, 0) is 39.0 Å². The maximum absolute atomic E-state index is 13.7. The van der Waals surface area contributed by atoms with Crippen molar-refractivity contribution in [2.45, 2.75) is 57.0 Å². The molecule has 2 aromatic rings. The van der Waals surface area contributed by atoms with E-state index in [0.29, 0.717) is 13.8 Å². The van der Waals surface area contributed by atoms with Crippen molar-refractivity contribution >= 4 is 33.4 Å². The molecular formula is C22H28F3N5O7S. The number of fused-ring (bicyclic) bond motifs is 1. The summed E-state index contributed by atoms with van der Waals surface area (Å²) in [6.45, 7) is 3.74. The highest BCUT2D eigenvalue weighted by Crippen LogP contribution is 2.40. The van der Waals surface area contributed by atoms with Gasteiger partial charge in [0.1, 0.15) is 16.7 Å². The summed E-state index contributed by atoms with van der Waals surface area (Å²) in [5.74, 6) is -0.264. The number of hydrogen-bond acceptors (Lipinski definition) is 8. The number of nitrogens with zero attached hydrogens (tertiary/aromatic N) is 3. The maximum Gasteiger partial charge on any atom is 0.427 e. The first-order chi connectivity index (χ1) is 17.6. The van der Waals surface area contributed by atoms with Crippen molar-refractivity contribution in [3.05, 3.63) is 30.1 Å². The molecule has 16 heteroatoms. The highest BCUT2D eigenvalue weighted by atomic mass is 32.2. The Morgan fingerprint density at radius 3 is 2.58 bits per heavy atom. The van der Waals surface area contributed by atoms with E-state index in [2.05, 4.69) is 20.5 Å². The molecule has 0 fully saturated rings. The number of benzene rings is 1. The molecule has 1 aliphatic rings. The third kappa shape index (κ3) is 6.12. The number of aliphatic hydroxyl groups is 1. The van der Waals surface area contributed by atoms with Crippen LogP contribution in [-0.2, 0) is 26.1 Å². The fraction of sp³-hybridized carbons (Fsp3) is 0.500. The van der Waals surface area contributed by atoms with Crippen molar-refractivity contribution in [2.75, 3.05) is 29.3 Å². The number of ether oxygens (including phenoxy) is 2. The predicted octanol–water partition coefficient (Wildman–Crippen LogP) is 2.17. The molecular weight excluding hydrogens is 535 g/mol. The zero-order chi connectivity index (χ0) is 28.5. The van der Waals surface area contributed by atoms with Crippen LogP contribution in [0.15, 0.2) is 29.3 Å². The van der Waals surface area contributed by atoms with E-state index in [1.807, 2.05) is 0 Å². The Labute approximate surface area is 216 Å². The summed E-state index contributed by atoms with van der Waals surface area (Å²) in [4.78, 5) is 23.4. The molecule has 0 aliphatic carbocycles. The van der Waals surface area contributed by atoms with Crippen molar-refractivity contribution in [1.82, 2.24) is 15.1 Å². The summed E-state index contributed by atoms with van der Waals surface area (Å²) in [5, 5.41) is 18.0. The molecule has 1 aromatic carbocycles. The minimum atomic E-state index is -4.82. The first-order valence-electron chi connectivity index (χ1n) is 11.3. The normalized spacial score (nSPS) is 15.9. The number of halogens is 3. The van der Waals surface area contributed by atoms with Crippen molar-refractivity contribution in [1.29, 1.82) is 0 Å². The van der Waals surface area contributed by atoms with E-state index in [1.54, 1.807) is 0 Å². The SMILES string of the molecule is CC(=O)NCC1CN(S(=O)(=O)c2cnn(CCO)c2C)c2cc(NC(=O)OC(C)(C)C(F)(F)F)ccc2O1. The second-order valence-corrected chi connectivity index (χ2v) is 10.8. The number of carbonyl (C=O) groups excluding carboxylic acids is 2. The fourth-order valence-corrected chi connectivity index (χ4v) is 5.20. The lowest BCUT2D eigenvalue weighted by Gasteiger charge is -2.35. The van der Waals surface area contributed by atoms with Gasteiger partial charge in [0.25, 0.3) is 10.0 Å². The first-order valence-corrected chi connectivity index (χ1v) is 12.8. The first kappa shape index (κ1) is 29.0. The van der Waals surface area contributed by atoms with Crippen molar-refractivity contribution < 1.29 is 45.8 Å². The van der Waals surface area contributed by atoms with Gasteiger partial charge in [0.15, 0.2) is 0 Å². The number of sulfonamides is 1. The van der Waals surface area contributed by atoms with Crippen molar-refractivity contribution in [3.8, 4) is 5.75 Å². The molecule has 0 saturated heterocycles. The van der Waals surface area contributed by atoms with E-state index >= 15 is 0 Å². The van der Waals surface area contributed by atoms with E-state index < -0.39 is 34.0 Å². The molecule has 0 spiro atoms. The number of aromatic nitrogens is 2. The largest absolute Gasteiger partial charge is 0.484 e. The zero-order valence-electron chi connectivity index (χ0n) is 21.0. The molecule has 1 unspecified atom stereocenters. The Kier molecular flexibility index (Phi) is 8.16. The van der Waals surface area contributed by atoms with Crippen LogP contribution in [0.4, 0.5) is 29.3 Å². The summed E-state index contributed by atoms with van der Waals surface area (Å²) >= 11 is 0. The van der Waals surface area contributed by atoms with Crippen LogP contribution in [0.5, 0.6) is 5.75 Å². The molecule has 1 aromatic heterocycles. The monoisotopic (exact) mass is 563 g/mol. The molecule has 210 valence electrons. The Hall–Kier alpha value is -3.53. The zero-order valence-corrected chi connectivity index (χ0v) is 21.8. The smallest absolute Gasteiger partial charge is 0.427 e. The average Bonchev–Trinajstić information content (AvgIpc) is 3.17. The van der Waals surface area contributed by atoms with Gasteiger partial charge in [-0.15, -0.1) is 0 Å². The van der Waals surface area contributed by atoms with E-state index in [9.17, 15) is 36.3 Å². The van der Waals surface area contributed by atoms with Gasteiger partial charge >= 0.3 is 12.3 Å². The van der Waals surface area contributed by atoms with Gasteiger partial charge in [-0.1, -0.05) is 0 Å². The molecule has 12 nitrogen and oxygen atoms in total. The Balaban J connectivity index is 1.98. The number of amides is 2. The molecule has 2 heterocycles. The number of alkyl halides is 3. The minimum Gasteiger partial charge on any atom is -0.484 e. The Morgan fingerprint density at radius 1 is 1.29 bits per heavy atom. The number of carbonyl (C=O) groups is 2. The second-order valence-electron chi connectivity index (χ2n) is 8.96. The summed E-state index contributed by atoms with van der Waals surface area (Å²) in [6, 6.07) is 3.86. The molecule has 0 radical (unpaired) electrons. The lowest BCUT2D eigenvalue weighted by atomic mass is 10.1. The van der Waals surface area contributed by atoms with Gasteiger partial charge in [0, 0.05) is 12.6 Å². The van der Waals surface area contributed by atoms with Crippen LogP contribution in [-0.4, -0.2) is 72.9 Å². The quantitative estimate of drug-likeness (QED) is 0.442. The van der Waals surface area contributed by atoms with Crippen LogP contribution in [0, 0.1) is 6.92 Å². The predicted molar refractivity (Wildman–Crippen MR) is 128 cm³/mol. The van der Waals surface area contributed by atoms with Gasteiger partial charge < -0.3 is 19.9 Å². The number of hydrogen-bond donors (Lipinski definition) is 3. The molecule has 2 amide bonds. The third-order valence-electron chi connectivity index (χ3n) is 5.68. The summed E-state index contributed by atoms with van der Waals surface area (Å²) in [6.07, 6.45) is -5.87. The van der Waals surface area contributed by atoms with Gasteiger partial charge in [-0.25, -0.2) is 13.2 Å². The van der Waals surface area contributed by atoms with Crippen molar-refractivity contribution in [2.24, 2.45) is 0 Å². The maximum atomic E-state index is 13.7. The summed E-state index contributed by atoms with van der Waals surface area (Å²) < 4.78 is 79.4. The number of anilines is 2. The molecule has 0 bridgehead atoms. The highest BCUT2D eigenvalue weighted by molar-refractivity contribution is 7.92. The van der Waals surface area contributed by atoms with E-state index in [0.717, 1.165) is 10.5 Å². The molecule has 3 rings (SSSR count). The van der Waals surface area contributed by atoms with Gasteiger partial charge in [-0.2, -0.15) is 18.3 Å². The van der Waals surface area contributed by atoms with Gasteiger partial charge in [-0.3, -0.25) is 19.1 Å². The lowest BCUT2D eigenvalue weighted by molar-refractivity contribution is -0.242. The molecule has 1 aliphatic heterocycles. The van der Waals surface area contributed by atoms with Gasteiger partial charge in [0.05, 0.1) is 43.8 Å².